The summed E-state index contributed by atoms with van der Waals surface area (Å²) in [5.41, 5.74) is 4.04. The number of hydrogen-bond donors (Lipinski definition) is 1. The lowest BCUT2D eigenvalue weighted by molar-refractivity contribution is 0.101. The van der Waals surface area contributed by atoms with Crippen molar-refractivity contribution in [3.8, 4) is 11.3 Å². The Morgan fingerprint density at radius 2 is 1.87 bits per heavy atom. The molecule has 5 aromatic rings. The van der Waals surface area contributed by atoms with Gasteiger partial charge in [0.15, 0.2) is 5.78 Å². The number of aromatic nitrogens is 3. The van der Waals surface area contributed by atoms with Gasteiger partial charge in [0.25, 0.3) is 0 Å². The van der Waals surface area contributed by atoms with Crippen LogP contribution in [0.15, 0.2) is 70.1 Å². The van der Waals surface area contributed by atoms with E-state index in [1.807, 2.05) is 23.1 Å². The fraction of sp³-hybridized carbons (Fsp3) is 0.267. The minimum atomic E-state index is -0.645. The number of morpholine rings is 1. The lowest BCUT2D eigenvalue weighted by atomic mass is 10.1. The molecule has 1 N–H and O–H groups in total. The van der Waals surface area contributed by atoms with Gasteiger partial charge in [0.2, 0.25) is 5.95 Å². The van der Waals surface area contributed by atoms with Crippen LogP contribution in [-0.4, -0.2) is 46.6 Å². The third kappa shape index (κ3) is 4.66. The molecular weight excluding hydrogens is 494 g/mol. The molecule has 1 saturated heterocycles. The highest BCUT2D eigenvalue weighted by Gasteiger charge is 2.24. The van der Waals surface area contributed by atoms with Gasteiger partial charge >= 0.3 is 5.63 Å². The van der Waals surface area contributed by atoms with E-state index in [1.165, 1.54) is 12.4 Å². The number of benzene rings is 2. The Kier molecular flexibility index (Phi) is 6.36. The molecule has 0 radical (unpaired) electrons. The van der Waals surface area contributed by atoms with E-state index in [2.05, 4.69) is 59.2 Å². The Labute approximate surface area is 225 Å². The van der Waals surface area contributed by atoms with E-state index in [4.69, 9.17) is 14.1 Å². The van der Waals surface area contributed by atoms with E-state index in [-0.39, 0.29) is 11.3 Å². The number of ether oxygens (including phenoxy) is 1. The van der Waals surface area contributed by atoms with Crippen molar-refractivity contribution >= 4 is 45.0 Å². The number of carbonyl (C=O) groups is 1. The van der Waals surface area contributed by atoms with E-state index in [0.29, 0.717) is 60.6 Å². The molecule has 3 aromatic heterocycles. The van der Waals surface area contributed by atoms with Crippen LogP contribution in [-0.2, 0) is 4.74 Å². The van der Waals surface area contributed by atoms with Gasteiger partial charge in [-0.1, -0.05) is 6.07 Å². The molecule has 0 saturated carbocycles. The first-order valence-corrected chi connectivity index (χ1v) is 13.0. The summed E-state index contributed by atoms with van der Waals surface area (Å²) in [7, 11) is 0. The topological polar surface area (TPSA) is 102 Å². The van der Waals surface area contributed by atoms with Crippen LogP contribution in [0, 0.1) is 0 Å². The standard InChI is InChI=1S/C30H29N5O4/c1-18(2)35-11-9-21-16-20(4-7-25(21)35)24-8-10-31-30(33-24)32-22-5-6-23-26(17-22)39-29(37)27(19(3)36)28(23)34-12-14-38-15-13-34/h4-11,16-18H,12-15H2,1-3H3,(H,31,32,33). The van der Waals surface area contributed by atoms with Crippen LogP contribution < -0.4 is 15.8 Å². The molecule has 0 spiro atoms. The average molecular weight is 524 g/mol. The highest BCUT2D eigenvalue weighted by molar-refractivity contribution is 6.07. The SMILES string of the molecule is CC(=O)c1c(N2CCOCC2)c2ccc(Nc3nccc(-c4ccc5c(ccn5C(C)C)c4)n3)cc2oc1=O. The van der Waals surface area contributed by atoms with Gasteiger partial charge in [-0.3, -0.25) is 4.79 Å². The van der Waals surface area contributed by atoms with Gasteiger partial charge in [-0.15, -0.1) is 0 Å². The van der Waals surface area contributed by atoms with Gasteiger partial charge in [-0.2, -0.15) is 0 Å². The molecule has 0 unspecified atom stereocenters. The van der Waals surface area contributed by atoms with Gasteiger partial charge in [0, 0.05) is 65.1 Å². The minimum absolute atomic E-state index is 0.0712. The monoisotopic (exact) mass is 523 g/mol. The van der Waals surface area contributed by atoms with E-state index in [0.717, 1.165) is 16.6 Å². The number of carbonyl (C=O) groups excluding carboxylic acids is 1. The van der Waals surface area contributed by atoms with E-state index in [9.17, 15) is 9.59 Å². The maximum Gasteiger partial charge on any atom is 0.349 e. The molecule has 9 nitrogen and oxygen atoms in total. The lowest BCUT2D eigenvalue weighted by Crippen LogP contribution is -2.38. The van der Waals surface area contributed by atoms with Crippen LogP contribution in [0.25, 0.3) is 33.1 Å². The van der Waals surface area contributed by atoms with Crippen LogP contribution in [0.2, 0.25) is 0 Å². The van der Waals surface area contributed by atoms with Crippen molar-refractivity contribution in [2.75, 3.05) is 36.5 Å². The highest BCUT2D eigenvalue weighted by atomic mass is 16.5. The molecule has 6 rings (SSSR count). The zero-order chi connectivity index (χ0) is 27.1. The second kappa shape index (κ2) is 9.99. The summed E-state index contributed by atoms with van der Waals surface area (Å²) in [5, 5.41) is 5.08. The van der Waals surface area contributed by atoms with Crippen molar-refractivity contribution in [1.82, 2.24) is 14.5 Å². The predicted molar refractivity (Wildman–Crippen MR) is 152 cm³/mol. The van der Waals surface area contributed by atoms with Crippen LogP contribution in [0.1, 0.15) is 37.2 Å². The maximum absolute atomic E-state index is 12.8. The lowest BCUT2D eigenvalue weighted by Gasteiger charge is -2.30. The van der Waals surface area contributed by atoms with Crippen molar-refractivity contribution < 1.29 is 13.9 Å². The summed E-state index contributed by atoms with van der Waals surface area (Å²) >= 11 is 0. The maximum atomic E-state index is 12.8. The smallest absolute Gasteiger partial charge is 0.349 e. The number of nitrogens with one attached hydrogen (secondary N) is 1. The molecule has 9 heteroatoms. The van der Waals surface area contributed by atoms with Gasteiger partial charge in [0.05, 0.1) is 24.6 Å². The third-order valence-electron chi connectivity index (χ3n) is 7.04. The second-order valence-electron chi connectivity index (χ2n) is 9.96. The van der Waals surface area contributed by atoms with Crippen molar-refractivity contribution in [3.63, 3.8) is 0 Å². The number of fused-ring (bicyclic) bond motifs is 2. The van der Waals surface area contributed by atoms with Gasteiger partial charge < -0.3 is 23.9 Å². The highest BCUT2D eigenvalue weighted by Crippen LogP contribution is 2.32. The Morgan fingerprint density at radius 3 is 2.64 bits per heavy atom. The molecule has 4 heterocycles. The zero-order valence-corrected chi connectivity index (χ0v) is 22.1. The molecular formula is C30H29N5O4. The van der Waals surface area contributed by atoms with Gasteiger partial charge in [-0.25, -0.2) is 14.8 Å². The van der Waals surface area contributed by atoms with Crippen LogP contribution >= 0.6 is 0 Å². The quantitative estimate of drug-likeness (QED) is 0.228. The Balaban J connectivity index is 1.34. The number of hydrogen-bond acceptors (Lipinski definition) is 8. The fourth-order valence-electron chi connectivity index (χ4n) is 5.17. The fourth-order valence-corrected chi connectivity index (χ4v) is 5.17. The summed E-state index contributed by atoms with van der Waals surface area (Å²) in [5.74, 6) is 0.0984. The Morgan fingerprint density at radius 1 is 1.05 bits per heavy atom. The summed E-state index contributed by atoms with van der Waals surface area (Å²) in [6.07, 6.45) is 3.82. The molecule has 198 valence electrons. The number of anilines is 3. The van der Waals surface area contributed by atoms with Crippen molar-refractivity contribution in [2.24, 2.45) is 0 Å². The first kappa shape index (κ1) is 24.8. The van der Waals surface area contributed by atoms with Crippen molar-refractivity contribution in [2.45, 2.75) is 26.8 Å². The molecule has 1 aliphatic heterocycles. The Bertz CT molecular complexity index is 1770. The first-order chi connectivity index (χ1) is 18.9. The molecule has 0 amide bonds. The van der Waals surface area contributed by atoms with E-state index >= 15 is 0 Å². The van der Waals surface area contributed by atoms with Crippen LogP contribution in [0.4, 0.5) is 17.3 Å². The molecule has 0 aliphatic carbocycles. The van der Waals surface area contributed by atoms with Crippen LogP contribution in [0.3, 0.4) is 0 Å². The third-order valence-corrected chi connectivity index (χ3v) is 7.04. The normalized spacial score (nSPS) is 13.9. The number of ketones is 1. The molecule has 0 atom stereocenters. The zero-order valence-electron chi connectivity index (χ0n) is 22.1. The molecule has 1 aliphatic rings. The van der Waals surface area contributed by atoms with E-state index in [1.54, 1.807) is 12.3 Å². The summed E-state index contributed by atoms with van der Waals surface area (Å²) in [6, 6.07) is 16.2. The summed E-state index contributed by atoms with van der Waals surface area (Å²) in [6.45, 7) is 7.96. The molecule has 1 fully saturated rings. The van der Waals surface area contributed by atoms with E-state index < -0.39 is 5.63 Å². The molecule has 2 aromatic carbocycles. The largest absolute Gasteiger partial charge is 0.422 e. The number of Topliss-reactive ketones (excluding diaryl/α,β-unsaturated/α-hetero) is 1. The summed E-state index contributed by atoms with van der Waals surface area (Å²) < 4.78 is 13.3. The average Bonchev–Trinajstić information content (AvgIpc) is 3.36. The second-order valence-corrected chi connectivity index (χ2v) is 9.96. The number of rotatable bonds is 6. The van der Waals surface area contributed by atoms with Gasteiger partial charge in [-0.05, 0) is 57.2 Å². The van der Waals surface area contributed by atoms with Crippen LogP contribution in [0.5, 0.6) is 0 Å². The molecule has 0 bridgehead atoms. The van der Waals surface area contributed by atoms with Crippen molar-refractivity contribution in [1.29, 1.82) is 0 Å². The molecule has 39 heavy (non-hydrogen) atoms. The van der Waals surface area contributed by atoms with Crippen molar-refractivity contribution in [3.05, 3.63) is 76.9 Å². The predicted octanol–water partition coefficient (Wildman–Crippen LogP) is 5.57. The first-order valence-electron chi connectivity index (χ1n) is 13.0. The minimum Gasteiger partial charge on any atom is -0.422 e. The van der Waals surface area contributed by atoms with Gasteiger partial charge in [0.1, 0.15) is 11.1 Å². The summed E-state index contributed by atoms with van der Waals surface area (Å²) in [4.78, 5) is 36.4. The Hall–Kier alpha value is -4.50. The number of nitrogens with zero attached hydrogens (tertiary/aromatic N) is 4.